The standard InChI is InChI=1S/C20H26N4O2S/c1-12-16-18(22-10-15-9-13-4-5-14(15)8-13)23-11-24-20(16)27-17(12)19(25)21-6-3-7-26-2/h4-5,11,13-15H,3,6-10H2,1-2H3,(H,21,25)(H,22,23,24)/t13-,14+,15-/m1/s1. The van der Waals surface area contributed by atoms with Gasteiger partial charge in [-0.05, 0) is 49.5 Å². The van der Waals surface area contributed by atoms with Crippen LogP contribution in [0.4, 0.5) is 5.82 Å². The molecule has 7 heteroatoms. The van der Waals surface area contributed by atoms with Gasteiger partial charge in [0.25, 0.3) is 5.91 Å². The predicted octanol–water partition coefficient (Wildman–Crippen LogP) is 3.39. The number of aryl methyl sites for hydroxylation is 1. The van der Waals surface area contributed by atoms with Crippen LogP contribution in [0.15, 0.2) is 18.5 Å². The Hall–Kier alpha value is -1.99. The van der Waals surface area contributed by atoms with Gasteiger partial charge in [0.05, 0.1) is 10.3 Å². The van der Waals surface area contributed by atoms with Crippen molar-refractivity contribution in [3.05, 3.63) is 28.9 Å². The molecule has 2 aliphatic carbocycles. The Morgan fingerprint density at radius 1 is 1.33 bits per heavy atom. The molecule has 1 saturated carbocycles. The number of ether oxygens (including phenoxy) is 1. The van der Waals surface area contributed by atoms with E-state index in [0.29, 0.717) is 29.9 Å². The van der Waals surface area contributed by atoms with Crippen LogP contribution in [0.1, 0.15) is 34.5 Å². The SMILES string of the molecule is COCCCNC(=O)c1sc2ncnc(NC[C@H]3C[C@@H]4C=C[C@H]3C4)c2c1C. The molecule has 144 valence electrons. The summed E-state index contributed by atoms with van der Waals surface area (Å²) in [7, 11) is 1.66. The molecule has 0 spiro atoms. The van der Waals surface area contributed by atoms with Gasteiger partial charge in [-0.15, -0.1) is 11.3 Å². The van der Waals surface area contributed by atoms with Crippen LogP contribution in [0.5, 0.6) is 0 Å². The molecule has 2 aromatic rings. The molecule has 2 heterocycles. The van der Waals surface area contributed by atoms with Crippen molar-refractivity contribution < 1.29 is 9.53 Å². The molecule has 0 aliphatic heterocycles. The monoisotopic (exact) mass is 386 g/mol. The van der Waals surface area contributed by atoms with E-state index >= 15 is 0 Å². The average molecular weight is 387 g/mol. The van der Waals surface area contributed by atoms with Crippen molar-refractivity contribution in [3.63, 3.8) is 0 Å². The second-order valence-corrected chi connectivity index (χ2v) is 8.48. The molecular weight excluding hydrogens is 360 g/mol. The second kappa shape index (κ2) is 7.94. The van der Waals surface area contributed by atoms with E-state index in [0.717, 1.165) is 40.5 Å². The normalized spacial score (nSPS) is 23.3. The number of carbonyl (C=O) groups excluding carboxylic acids is 1. The lowest BCUT2D eigenvalue weighted by Crippen LogP contribution is -2.24. The van der Waals surface area contributed by atoms with Gasteiger partial charge < -0.3 is 15.4 Å². The van der Waals surface area contributed by atoms with Gasteiger partial charge in [0, 0.05) is 26.8 Å². The fourth-order valence-electron chi connectivity index (χ4n) is 4.28. The van der Waals surface area contributed by atoms with Crippen LogP contribution in [0.2, 0.25) is 0 Å². The molecule has 4 rings (SSSR count). The Morgan fingerprint density at radius 3 is 2.96 bits per heavy atom. The van der Waals surface area contributed by atoms with Gasteiger partial charge in [-0.1, -0.05) is 12.2 Å². The molecule has 2 N–H and O–H groups in total. The number of allylic oxidation sites excluding steroid dienone is 2. The van der Waals surface area contributed by atoms with Crippen LogP contribution in [0.3, 0.4) is 0 Å². The number of rotatable bonds is 8. The first kappa shape index (κ1) is 18.4. The molecular formula is C20H26N4O2S. The first-order valence-corrected chi connectivity index (χ1v) is 10.4. The van der Waals surface area contributed by atoms with Gasteiger partial charge in [0.2, 0.25) is 0 Å². The molecule has 3 atom stereocenters. The minimum atomic E-state index is -0.0456. The summed E-state index contributed by atoms with van der Waals surface area (Å²) in [4.78, 5) is 23.0. The van der Waals surface area contributed by atoms with Gasteiger partial charge in [-0.3, -0.25) is 4.79 Å². The van der Waals surface area contributed by atoms with Crippen molar-refractivity contribution in [2.75, 3.05) is 32.1 Å². The quantitative estimate of drug-likeness (QED) is 0.537. The summed E-state index contributed by atoms with van der Waals surface area (Å²) >= 11 is 1.43. The van der Waals surface area contributed by atoms with Crippen molar-refractivity contribution in [2.24, 2.45) is 17.8 Å². The summed E-state index contributed by atoms with van der Waals surface area (Å²) in [6, 6.07) is 0. The molecule has 1 fully saturated rings. The van der Waals surface area contributed by atoms with E-state index in [-0.39, 0.29) is 5.91 Å². The smallest absolute Gasteiger partial charge is 0.261 e. The van der Waals surface area contributed by atoms with E-state index < -0.39 is 0 Å². The number of fused-ring (bicyclic) bond motifs is 3. The summed E-state index contributed by atoms with van der Waals surface area (Å²) in [5, 5.41) is 7.48. The number of nitrogens with one attached hydrogen (secondary N) is 2. The van der Waals surface area contributed by atoms with E-state index in [1.54, 1.807) is 13.4 Å². The topological polar surface area (TPSA) is 76.1 Å². The summed E-state index contributed by atoms with van der Waals surface area (Å²) in [6.07, 6.45) is 9.69. The molecule has 0 aromatic carbocycles. The lowest BCUT2D eigenvalue weighted by atomic mass is 9.93. The molecule has 2 aromatic heterocycles. The van der Waals surface area contributed by atoms with Crippen molar-refractivity contribution in [1.82, 2.24) is 15.3 Å². The van der Waals surface area contributed by atoms with Crippen molar-refractivity contribution in [2.45, 2.75) is 26.2 Å². The van der Waals surface area contributed by atoms with Crippen molar-refractivity contribution in [3.8, 4) is 0 Å². The summed E-state index contributed by atoms with van der Waals surface area (Å²) in [6.45, 7) is 4.15. The zero-order valence-electron chi connectivity index (χ0n) is 15.8. The Morgan fingerprint density at radius 2 is 2.22 bits per heavy atom. The number of hydrogen-bond donors (Lipinski definition) is 2. The van der Waals surface area contributed by atoms with Crippen LogP contribution in [-0.2, 0) is 4.74 Å². The number of amides is 1. The first-order chi connectivity index (χ1) is 13.2. The fourth-order valence-corrected chi connectivity index (χ4v) is 5.34. The molecule has 2 aliphatic rings. The maximum atomic E-state index is 12.5. The maximum Gasteiger partial charge on any atom is 0.261 e. The van der Waals surface area contributed by atoms with Crippen molar-refractivity contribution >= 4 is 33.3 Å². The molecule has 1 amide bonds. The lowest BCUT2D eigenvalue weighted by Gasteiger charge is -2.19. The van der Waals surface area contributed by atoms with Gasteiger partial charge in [0.15, 0.2) is 0 Å². The minimum Gasteiger partial charge on any atom is -0.385 e. The number of methoxy groups -OCH3 is 1. The maximum absolute atomic E-state index is 12.5. The number of anilines is 1. The Bertz CT molecular complexity index is 863. The Kier molecular flexibility index (Phi) is 5.41. The van der Waals surface area contributed by atoms with E-state index in [1.807, 2.05) is 6.92 Å². The Balaban J connectivity index is 1.48. The Labute approximate surface area is 163 Å². The zero-order chi connectivity index (χ0) is 18.8. The predicted molar refractivity (Wildman–Crippen MR) is 108 cm³/mol. The van der Waals surface area contributed by atoms with Crippen LogP contribution in [0.25, 0.3) is 10.2 Å². The minimum absolute atomic E-state index is 0.0456. The number of nitrogens with zero attached hydrogens (tertiary/aromatic N) is 2. The van der Waals surface area contributed by atoms with E-state index in [9.17, 15) is 4.79 Å². The van der Waals surface area contributed by atoms with Gasteiger partial charge in [-0.25, -0.2) is 9.97 Å². The average Bonchev–Trinajstić information content (AvgIpc) is 3.38. The van der Waals surface area contributed by atoms with E-state index in [2.05, 4.69) is 32.8 Å². The second-order valence-electron chi connectivity index (χ2n) is 7.48. The van der Waals surface area contributed by atoms with Gasteiger partial charge in [-0.2, -0.15) is 0 Å². The van der Waals surface area contributed by atoms with Crippen LogP contribution in [-0.4, -0.2) is 42.7 Å². The zero-order valence-corrected chi connectivity index (χ0v) is 16.6. The first-order valence-electron chi connectivity index (χ1n) is 9.60. The van der Waals surface area contributed by atoms with Gasteiger partial charge >= 0.3 is 0 Å². The highest BCUT2D eigenvalue weighted by Gasteiger charge is 2.35. The summed E-state index contributed by atoms with van der Waals surface area (Å²) in [5.74, 6) is 2.95. The molecule has 0 unspecified atom stereocenters. The van der Waals surface area contributed by atoms with Crippen LogP contribution in [0, 0.1) is 24.7 Å². The molecule has 27 heavy (non-hydrogen) atoms. The third-order valence-electron chi connectivity index (χ3n) is 5.69. The molecule has 6 nitrogen and oxygen atoms in total. The van der Waals surface area contributed by atoms with Crippen LogP contribution < -0.4 is 10.6 Å². The third kappa shape index (κ3) is 3.71. The van der Waals surface area contributed by atoms with Gasteiger partial charge in [0.1, 0.15) is 17.0 Å². The fraction of sp³-hybridized carbons (Fsp3) is 0.550. The van der Waals surface area contributed by atoms with E-state index in [4.69, 9.17) is 4.74 Å². The van der Waals surface area contributed by atoms with Crippen molar-refractivity contribution in [1.29, 1.82) is 0 Å². The summed E-state index contributed by atoms with van der Waals surface area (Å²) in [5.41, 5.74) is 0.954. The number of hydrogen-bond acceptors (Lipinski definition) is 6. The third-order valence-corrected chi connectivity index (χ3v) is 6.89. The highest BCUT2D eigenvalue weighted by atomic mass is 32.1. The van der Waals surface area contributed by atoms with Crippen LogP contribution >= 0.6 is 11.3 Å². The number of thiophene rings is 1. The highest BCUT2D eigenvalue weighted by molar-refractivity contribution is 7.20. The number of aromatic nitrogens is 2. The van der Waals surface area contributed by atoms with E-state index in [1.165, 1.54) is 24.2 Å². The highest BCUT2D eigenvalue weighted by Crippen LogP contribution is 2.43. The largest absolute Gasteiger partial charge is 0.385 e. The number of carbonyl (C=O) groups is 1. The summed E-state index contributed by atoms with van der Waals surface area (Å²) < 4.78 is 5.02. The molecule has 0 radical (unpaired) electrons. The molecule has 0 saturated heterocycles. The lowest BCUT2D eigenvalue weighted by molar-refractivity contribution is 0.0952. The molecule has 2 bridgehead atoms.